The van der Waals surface area contributed by atoms with Gasteiger partial charge in [-0.25, -0.2) is 0 Å². The minimum Gasteiger partial charge on any atom is -0.374 e. The molecular weight excluding hydrogens is 321 g/mol. The van der Waals surface area contributed by atoms with E-state index in [1.54, 1.807) is 24.4 Å². The minimum absolute atomic E-state index is 0.468. The molecule has 0 amide bonds. The van der Waals surface area contributed by atoms with E-state index in [0.717, 1.165) is 5.56 Å². The summed E-state index contributed by atoms with van der Waals surface area (Å²) in [5, 5.41) is 8.13. The molecule has 0 radical (unpaired) electrons. The Morgan fingerprint density at radius 1 is 1.32 bits per heavy atom. The number of hydrogen-bond donors (Lipinski definition) is 3. The van der Waals surface area contributed by atoms with Gasteiger partial charge in [-0.2, -0.15) is 5.10 Å². The van der Waals surface area contributed by atoms with Gasteiger partial charge in [0.1, 0.15) is 5.71 Å². The first-order valence-corrected chi connectivity index (χ1v) is 7.47. The summed E-state index contributed by atoms with van der Waals surface area (Å²) in [6.45, 7) is 8.84. The molecule has 120 valence electrons. The van der Waals surface area contributed by atoms with Crippen LogP contribution in [0.1, 0.15) is 19.4 Å². The lowest BCUT2D eigenvalue weighted by Crippen LogP contribution is -2.46. The molecule has 1 aromatic carbocycles. The summed E-state index contributed by atoms with van der Waals surface area (Å²) in [5.74, 6) is 5.46. The van der Waals surface area contributed by atoms with E-state index in [4.69, 9.17) is 34.8 Å². The van der Waals surface area contributed by atoms with E-state index in [1.165, 1.54) is 0 Å². The van der Waals surface area contributed by atoms with Gasteiger partial charge in [0, 0.05) is 28.5 Å². The maximum absolute atomic E-state index is 6.01. The highest BCUT2D eigenvalue weighted by atomic mass is 35.5. The quantitative estimate of drug-likeness (QED) is 0.404. The Morgan fingerprint density at radius 3 is 2.41 bits per heavy atom. The molecule has 1 aromatic rings. The van der Waals surface area contributed by atoms with Crippen LogP contribution < -0.4 is 16.9 Å². The molecule has 0 saturated carbocycles. The lowest BCUT2D eigenvalue weighted by atomic mass is 9.97. The van der Waals surface area contributed by atoms with Gasteiger partial charge in [0.15, 0.2) is 0 Å². The molecule has 0 atom stereocenters. The molecule has 0 fully saturated rings. The number of rotatable bonds is 7. The lowest BCUT2D eigenvalue weighted by Gasteiger charge is -2.28. The second-order valence-electron chi connectivity index (χ2n) is 5.22. The van der Waals surface area contributed by atoms with Crippen LogP contribution in [0.15, 0.2) is 34.9 Å². The van der Waals surface area contributed by atoms with Crippen LogP contribution in [0.3, 0.4) is 0 Å². The van der Waals surface area contributed by atoms with Crippen molar-refractivity contribution in [2.75, 3.05) is 13.1 Å². The zero-order chi connectivity index (χ0) is 16.8. The van der Waals surface area contributed by atoms with Crippen LogP contribution in [0.2, 0.25) is 10.0 Å². The van der Waals surface area contributed by atoms with Crippen LogP contribution in [0.4, 0.5) is 0 Å². The molecule has 7 heteroatoms. The normalized spacial score (nSPS) is 12.7. The van der Waals surface area contributed by atoms with E-state index in [2.05, 4.69) is 22.0 Å². The number of halogens is 2. The molecule has 0 spiro atoms. The van der Waals surface area contributed by atoms with Gasteiger partial charge in [0.05, 0.1) is 12.1 Å². The van der Waals surface area contributed by atoms with Gasteiger partial charge >= 0.3 is 0 Å². The van der Waals surface area contributed by atoms with Gasteiger partial charge in [0.25, 0.3) is 0 Å². The molecule has 0 unspecified atom stereocenters. The van der Waals surface area contributed by atoms with Gasteiger partial charge in [-0.1, -0.05) is 29.8 Å². The maximum Gasteiger partial charge on any atom is 0.103 e. The number of nitrogens with zero attached hydrogens (tertiary/aromatic N) is 2. The molecule has 0 aromatic heterocycles. The van der Waals surface area contributed by atoms with Crippen molar-refractivity contribution in [3.63, 3.8) is 0 Å². The predicted molar refractivity (Wildman–Crippen MR) is 96.7 cm³/mol. The Balaban J connectivity index is 2.92. The zero-order valence-corrected chi connectivity index (χ0v) is 14.2. The second kappa shape index (κ2) is 8.17. The molecular formula is C15H21Cl2N5. The van der Waals surface area contributed by atoms with E-state index in [-0.39, 0.29) is 0 Å². The SMILES string of the molecule is C=C(NC(C)(C)/C(C=NCCN)=N/N)c1cc(Cl)cc(Cl)c1. The van der Waals surface area contributed by atoms with E-state index >= 15 is 0 Å². The molecule has 0 aliphatic rings. The summed E-state index contributed by atoms with van der Waals surface area (Å²) in [7, 11) is 0. The third kappa shape index (κ3) is 5.33. The highest BCUT2D eigenvalue weighted by Crippen LogP contribution is 2.23. The third-order valence-corrected chi connectivity index (χ3v) is 3.36. The van der Waals surface area contributed by atoms with Gasteiger partial charge in [-0.05, 0) is 37.6 Å². The minimum atomic E-state index is -0.571. The summed E-state index contributed by atoms with van der Waals surface area (Å²) in [6.07, 6.45) is 1.61. The highest BCUT2D eigenvalue weighted by Gasteiger charge is 2.24. The monoisotopic (exact) mass is 341 g/mol. The molecule has 5 nitrogen and oxygen atoms in total. The first kappa shape index (κ1) is 18.5. The molecule has 1 rings (SSSR count). The number of hydrazone groups is 1. The summed E-state index contributed by atoms with van der Waals surface area (Å²) in [5.41, 5.74) is 6.87. The average molecular weight is 342 g/mol. The van der Waals surface area contributed by atoms with Gasteiger partial charge < -0.3 is 16.9 Å². The van der Waals surface area contributed by atoms with Crippen molar-refractivity contribution in [3.8, 4) is 0 Å². The molecule has 0 aliphatic heterocycles. The molecule has 5 N–H and O–H groups in total. The molecule has 0 aliphatic carbocycles. The summed E-state index contributed by atoms with van der Waals surface area (Å²) in [4.78, 5) is 4.16. The van der Waals surface area contributed by atoms with Gasteiger partial charge in [-0.15, -0.1) is 0 Å². The van der Waals surface area contributed by atoms with Crippen molar-refractivity contribution < 1.29 is 0 Å². The summed E-state index contributed by atoms with van der Waals surface area (Å²) < 4.78 is 0. The van der Waals surface area contributed by atoms with Crippen LogP contribution in [-0.4, -0.2) is 30.6 Å². The maximum atomic E-state index is 6.01. The lowest BCUT2D eigenvalue weighted by molar-refractivity contribution is 0.607. The Kier molecular flexibility index (Phi) is 6.87. The summed E-state index contributed by atoms with van der Waals surface area (Å²) >= 11 is 12.0. The predicted octanol–water partition coefficient (Wildman–Crippen LogP) is 2.68. The highest BCUT2D eigenvalue weighted by molar-refractivity contribution is 6.35. The standard InChI is InChI=1S/C15H21Cl2N5/c1-10(11-6-12(16)8-13(17)7-11)21-15(2,3)14(22-19)9-20-5-4-18/h6-9,21H,1,4-5,18-19H2,2-3H3/b20-9?,22-14+. The largest absolute Gasteiger partial charge is 0.374 e. The molecule has 0 heterocycles. The first-order valence-electron chi connectivity index (χ1n) is 6.72. The number of nitrogens with two attached hydrogens (primary N) is 2. The molecule has 0 saturated heterocycles. The van der Waals surface area contributed by atoms with Crippen molar-refractivity contribution in [1.29, 1.82) is 0 Å². The number of hydrogen-bond acceptors (Lipinski definition) is 5. The van der Waals surface area contributed by atoms with Crippen LogP contribution in [-0.2, 0) is 0 Å². The number of aliphatic imine (C=N–C) groups is 1. The van der Waals surface area contributed by atoms with E-state index in [1.807, 2.05) is 13.8 Å². The second-order valence-corrected chi connectivity index (χ2v) is 6.10. The Hall–Kier alpha value is -1.56. The summed E-state index contributed by atoms with van der Waals surface area (Å²) in [6, 6.07) is 5.22. The van der Waals surface area contributed by atoms with Crippen molar-refractivity contribution in [3.05, 3.63) is 40.4 Å². The average Bonchev–Trinajstić information content (AvgIpc) is 2.41. The van der Waals surface area contributed by atoms with Crippen LogP contribution in [0.5, 0.6) is 0 Å². The third-order valence-electron chi connectivity index (χ3n) is 2.93. The van der Waals surface area contributed by atoms with Crippen LogP contribution in [0, 0.1) is 0 Å². The van der Waals surface area contributed by atoms with Crippen molar-refractivity contribution >= 4 is 40.8 Å². The van der Waals surface area contributed by atoms with E-state index < -0.39 is 5.54 Å². The fourth-order valence-electron chi connectivity index (χ4n) is 1.82. The smallest absolute Gasteiger partial charge is 0.103 e. The topological polar surface area (TPSA) is 88.8 Å². The van der Waals surface area contributed by atoms with Gasteiger partial charge in [0.2, 0.25) is 0 Å². The van der Waals surface area contributed by atoms with Crippen molar-refractivity contribution in [1.82, 2.24) is 5.32 Å². The number of benzene rings is 1. The first-order chi connectivity index (χ1) is 10.3. The Morgan fingerprint density at radius 2 is 1.91 bits per heavy atom. The van der Waals surface area contributed by atoms with Crippen LogP contribution >= 0.6 is 23.2 Å². The Labute approximate surface area is 141 Å². The van der Waals surface area contributed by atoms with E-state index in [9.17, 15) is 0 Å². The fraction of sp³-hybridized carbons (Fsp3) is 0.333. The fourth-order valence-corrected chi connectivity index (χ4v) is 2.35. The van der Waals surface area contributed by atoms with Crippen LogP contribution in [0.25, 0.3) is 5.70 Å². The van der Waals surface area contributed by atoms with Crippen molar-refractivity contribution in [2.24, 2.45) is 21.7 Å². The molecule has 0 bridgehead atoms. The van der Waals surface area contributed by atoms with Crippen molar-refractivity contribution in [2.45, 2.75) is 19.4 Å². The molecule has 22 heavy (non-hydrogen) atoms. The Bertz CT molecular complexity index is 573. The van der Waals surface area contributed by atoms with E-state index in [0.29, 0.717) is 34.5 Å². The number of nitrogens with one attached hydrogen (secondary N) is 1. The zero-order valence-electron chi connectivity index (χ0n) is 12.7. The van der Waals surface area contributed by atoms with Gasteiger partial charge in [-0.3, -0.25) is 4.99 Å².